The summed E-state index contributed by atoms with van der Waals surface area (Å²) in [6.45, 7) is 6.54. The van der Waals surface area contributed by atoms with Crippen LogP contribution in [0.5, 0.6) is 0 Å². The summed E-state index contributed by atoms with van der Waals surface area (Å²) in [6.07, 6.45) is 3.37. The maximum absolute atomic E-state index is 4.36. The van der Waals surface area contributed by atoms with Crippen molar-refractivity contribution in [3.63, 3.8) is 0 Å². The molecule has 0 atom stereocenters. The molecule has 4 rings (SSSR count). The fourth-order valence-electron chi connectivity index (χ4n) is 3.60. The largest absolute Gasteiger partial charge is 0.245 e. The lowest BCUT2D eigenvalue weighted by Gasteiger charge is -2.10. The van der Waals surface area contributed by atoms with Crippen LogP contribution in [0.3, 0.4) is 0 Å². The summed E-state index contributed by atoms with van der Waals surface area (Å²) < 4.78 is 2.28. The smallest absolute Gasteiger partial charge is 0.213 e. The topological polar surface area (TPSA) is 29.7 Å². The summed E-state index contributed by atoms with van der Waals surface area (Å²) >= 11 is 0. The van der Waals surface area contributed by atoms with Crippen molar-refractivity contribution >= 4 is 10.9 Å². The van der Waals surface area contributed by atoms with Crippen LogP contribution in [0.15, 0.2) is 61.1 Å². The van der Waals surface area contributed by atoms with Gasteiger partial charge in [-0.1, -0.05) is 11.6 Å². The van der Waals surface area contributed by atoms with E-state index < -0.39 is 0 Å². The highest BCUT2D eigenvalue weighted by atomic mass is 14.9. The highest BCUT2D eigenvalue weighted by molar-refractivity contribution is 5.83. The molecule has 0 saturated carbocycles. The van der Waals surface area contributed by atoms with Crippen molar-refractivity contribution < 1.29 is 4.57 Å². The first-order valence-electron chi connectivity index (χ1n) is 8.82. The number of hydrogen-bond donors (Lipinski definition) is 0. The quantitative estimate of drug-likeness (QED) is 0.495. The number of hydrogen-bond acceptors (Lipinski definition) is 2. The summed E-state index contributed by atoms with van der Waals surface area (Å²) in [4.78, 5) is 8.36. The minimum absolute atomic E-state index is 0.943. The molecular weight excluding hydrogens is 318 g/mol. The Hall–Kier alpha value is -3.07. The van der Waals surface area contributed by atoms with E-state index in [-0.39, 0.29) is 0 Å². The van der Waals surface area contributed by atoms with Crippen LogP contribution in [-0.2, 0) is 7.05 Å². The molecule has 0 N–H and O–H groups in total. The summed E-state index contributed by atoms with van der Waals surface area (Å²) in [5, 5.41) is 1.20. The van der Waals surface area contributed by atoms with Crippen molar-refractivity contribution in [3.8, 4) is 22.5 Å². The summed E-state index contributed by atoms with van der Waals surface area (Å²) in [5.74, 6) is 0. The Morgan fingerprint density at radius 3 is 2.50 bits per heavy atom. The second kappa shape index (κ2) is 6.34. The molecule has 2 aromatic heterocycles. The van der Waals surface area contributed by atoms with Crippen molar-refractivity contribution in [3.05, 3.63) is 77.7 Å². The predicted octanol–water partition coefficient (Wildman–Crippen LogP) is 4.71. The average molecular weight is 340 g/mol. The van der Waals surface area contributed by atoms with Crippen LogP contribution < -0.4 is 4.57 Å². The number of aryl methyl sites for hydroxylation is 3. The third-order valence-corrected chi connectivity index (χ3v) is 5.14. The van der Waals surface area contributed by atoms with Crippen LogP contribution >= 0.6 is 0 Å². The van der Waals surface area contributed by atoms with Gasteiger partial charge in [-0.3, -0.25) is 0 Å². The fourth-order valence-corrected chi connectivity index (χ4v) is 3.60. The van der Waals surface area contributed by atoms with Gasteiger partial charge in [0.05, 0.1) is 5.69 Å². The molecular formula is C23H22N3+. The summed E-state index contributed by atoms with van der Waals surface area (Å²) in [6, 6.07) is 17.4. The van der Waals surface area contributed by atoms with Crippen molar-refractivity contribution in [2.75, 3.05) is 0 Å². The molecule has 26 heavy (non-hydrogen) atoms. The molecule has 0 amide bonds. The van der Waals surface area contributed by atoms with Gasteiger partial charge < -0.3 is 0 Å². The SMILES string of the molecule is Cc1cc(C)c(C)c(-c2ccc3cc(-c4ccncn4)ccc3[n+]2C)c1. The monoisotopic (exact) mass is 340 g/mol. The van der Waals surface area contributed by atoms with E-state index in [4.69, 9.17) is 0 Å². The standard InChI is InChI=1S/C23H22N3/c1-15-11-16(2)17(3)20(12-15)23-8-6-19-13-18(5-7-22(19)26(23)4)21-9-10-24-14-25-21/h5-14H,1-4H3/q+1. The van der Waals surface area contributed by atoms with Gasteiger partial charge in [0.2, 0.25) is 11.2 Å². The number of benzene rings is 2. The molecule has 128 valence electrons. The van der Waals surface area contributed by atoms with Gasteiger partial charge in [-0.25, -0.2) is 9.97 Å². The van der Waals surface area contributed by atoms with Crippen molar-refractivity contribution in [2.45, 2.75) is 20.8 Å². The van der Waals surface area contributed by atoms with Crippen molar-refractivity contribution in [1.82, 2.24) is 9.97 Å². The average Bonchev–Trinajstić information content (AvgIpc) is 2.66. The normalized spacial score (nSPS) is 11.1. The number of fused-ring (bicyclic) bond motifs is 1. The molecule has 0 radical (unpaired) electrons. The number of rotatable bonds is 2. The van der Waals surface area contributed by atoms with E-state index in [1.54, 1.807) is 12.5 Å². The highest BCUT2D eigenvalue weighted by Crippen LogP contribution is 2.27. The van der Waals surface area contributed by atoms with Crippen LogP contribution in [0, 0.1) is 20.8 Å². The lowest BCUT2D eigenvalue weighted by atomic mass is 9.96. The van der Waals surface area contributed by atoms with Gasteiger partial charge >= 0.3 is 0 Å². The van der Waals surface area contributed by atoms with E-state index in [0.717, 1.165) is 11.3 Å². The molecule has 0 aliphatic carbocycles. The Morgan fingerprint density at radius 2 is 1.73 bits per heavy atom. The minimum atomic E-state index is 0.943. The third-order valence-electron chi connectivity index (χ3n) is 5.14. The number of nitrogens with zero attached hydrogens (tertiary/aromatic N) is 3. The number of pyridine rings is 1. The van der Waals surface area contributed by atoms with Crippen molar-refractivity contribution in [2.24, 2.45) is 7.05 Å². The molecule has 0 saturated heterocycles. The first-order chi connectivity index (χ1) is 12.5. The van der Waals surface area contributed by atoms with Gasteiger partial charge in [0, 0.05) is 34.8 Å². The summed E-state index contributed by atoms with van der Waals surface area (Å²) in [5.41, 5.74) is 9.75. The Labute approximate surface area is 154 Å². The maximum Gasteiger partial charge on any atom is 0.213 e. The van der Waals surface area contributed by atoms with Crippen LogP contribution in [-0.4, -0.2) is 9.97 Å². The second-order valence-corrected chi connectivity index (χ2v) is 6.90. The molecule has 0 unspecified atom stereocenters. The van der Waals surface area contributed by atoms with Crippen LogP contribution in [0.2, 0.25) is 0 Å². The van der Waals surface area contributed by atoms with Gasteiger partial charge in [0.25, 0.3) is 0 Å². The molecule has 0 fully saturated rings. The zero-order chi connectivity index (χ0) is 18.3. The van der Waals surface area contributed by atoms with Crippen LogP contribution in [0.25, 0.3) is 33.4 Å². The van der Waals surface area contributed by atoms with Crippen LogP contribution in [0.1, 0.15) is 16.7 Å². The van der Waals surface area contributed by atoms with E-state index in [1.807, 2.05) is 6.07 Å². The Balaban J connectivity index is 1.89. The first-order valence-corrected chi connectivity index (χ1v) is 8.82. The molecule has 3 nitrogen and oxygen atoms in total. The van der Waals surface area contributed by atoms with E-state index in [0.29, 0.717) is 0 Å². The fraction of sp³-hybridized carbons (Fsp3) is 0.174. The lowest BCUT2D eigenvalue weighted by molar-refractivity contribution is -0.633. The van der Waals surface area contributed by atoms with Gasteiger partial charge in [0.1, 0.15) is 13.4 Å². The zero-order valence-electron chi connectivity index (χ0n) is 15.6. The Morgan fingerprint density at radius 1 is 0.885 bits per heavy atom. The third kappa shape index (κ3) is 2.76. The molecule has 0 bridgehead atoms. The Bertz CT molecular complexity index is 1120. The summed E-state index contributed by atoms with van der Waals surface area (Å²) in [7, 11) is 2.14. The van der Waals surface area contributed by atoms with Gasteiger partial charge in [0.15, 0.2) is 0 Å². The Kier molecular flexibility index (Phi) is 4.00. The second-order valence-electron chi connectivity index (χ2n) is 6.90. The molecule has 2 aromatic carbocycles. The zero-order valence-corrected chi connectivity index (χ0v) is 15.6. The van der Waals surface area contributed by atoms with Gasteiger partial charge in [-0.05, 0) is 62.2 Å². The molecule has 3 heteroatoms. The predicted molar refractivity (Wildman–Crippen MR) is 106 cm³/mol. The minimum Gasteiger partial charge on any atom is -0.245 e. The molecule has 4 aromatic rings. The van der Waals surface area contributed by atoms with Crippen LogP contribution in [0.4, 0.5) is 0 Å². The lowest BCUT2D eigenvalue weighted by Crippen LogP contribution is -2.32. The van der Waals surface area contributed by atoms with E-state index >= 15 is 0 Å². The van der Waals surface area contributed by atoms with Crippen molar-refractivity contribution in [1.29, 1.82) is 0 Å². The molecule has 2 heterocycles. The van der Waals surface area contributed by atoms with Gasteiger partial charge in [-0.2, -0.15) is 4.57 Å². The molecule has 0 spiro atoms. The molecule has 0 aliphatic heterocycles. The van der Waals surface area contributed by atoms with E-state index in [9.17, 15) is 0 Å². The first kappa shape index (κ1) is 16.4. The maximum atomic E-state index is 4.36. The number of aromatic nitrogens is 3. The van der Waals surface area contributed by atoms with Gasteiger partial charge in [-0.15, -0.1) is 0 Å². The van der Waals surface area contributed by atoms with E-state index in [1.165, 1.54) is 38.9 Å². The molecule has 0 aliphatic rings. The van der Waals surface area contributed by atoms with E-state index in [2.05, 4.69) is 84.8 Å². The highest BCUT2D eigenvalue weighted by Gasteiger charge is 2.17.